The Morgan fingerprint density at radius 1 is 1.53 bits per heavy atom. The minimum Gasteiger partial charge on any atom is -0.384 e. The van der Waals surface area contributed by atoms with Crippen LogP contribution in [0.25, 0.3) is 0 Å². The van der Waals surface area contributed by atoms with Crippen LogP contribution in [0.1, 0.15) is 27.2 Å². The van der Waals surface area contributed by atoms with E-state index >= 15 is 0 Å². The van der Waals surface area contributed by atoms with Crippen LogP contribution in [-0.2, 0) is 4.74 Å². The van der Waals surface area contributed by atoms with Crippen molar-refractivity contribution in [2.75, 3.05) is 17.7 Å². The van der Waals surface area contributed by atoms with Gasteiger partial charge in [0.1, 0.15) is 5.82 Å². The molecule has 0 amide bonds. The number of hydrogen-bond acceptors (Lipinski definition) is 4. The first-order valence-electron chi connectivity index (χ1n) is 6.13. The lowest BCUT2D eigenvalue weighted by atomic mass is 9.64. The number of nitrogen functional groups attached to an aromatic ring is 1. The van der Waals surface area contributed by atoms with Gasteiger partial charge in [0.25, 0.3) is 0 Å². The maximum absolute atomic E-state index is 5.70. The lowest BCUT2D eigenvalue weighted by Crippen LogP contribution is -2.58. The maximum Gasteiger partial charge on any atom is 0.123 e. The smallest absolute Gasteiger partial charge is 0.123 e. The number of nitrogens with two attached hydrogens (primary N) is 1. The summed E-state index contributed by atoms with van der Waals surface area (Å²) in [7, 11) is 0. The van der Waals surface area contributed by atoms with Gasteiger partial charge in [-0.15, -0.1) is 0 Å². The van der Waals surface area contributed by atoms with E-state index in [1.54, 1.807) is 6.20 Å². The van der Waals surface area contributed by atoms with Crippen molar-refractivity contribution >= 4 is 11.5 Å². The van der Waals surface area contributed by atoms with Crippen molar-refractivity contribution in [2.45, 2.75) is 39.3 Å². The molecule has 2 atom stereocenters. The van der Waals surface area contributed by atoms with Crippen LogP contribution in [0.15, 0.2) is 18.3 Å². The third-order valence-electron chi connectivity index (χ3n) is 3.67. The predicted molar refractivity (Wildman–Crippen MR) is 69.9 cm³/mol. The van der Waals surface area contributed by atoms with E-state index in [1.165, 1.54) is 0 Å². The number of anilines is 2. The SMILES string of the molecule is CCOC1CC(Nc2ccc(N)nc2)C1(C)C. The van der Waals surface area contributed by atoms with E-state index in [0.29, 0.717) is 18.0 Å². The fourth-order valence-electron chi connectivity index (χ4n) is 2.31. The number of hydrogen-bond donors (Lipinski definition) is 2. The first-order chi connectivity index (χ1) is 8.04. The molecule has 17 heavy (non-hydrogen) atoms. The Labute approximate surface area is 103 Å². The van der Waals surface area contributed by atoms with Crippen LogP contribution in [0.5, 0.6) is 0 Å². The maximum atomic E-state index is 5.70. The largest absolute Gasteiger partial charge is 0.384 e. The first kappa shape index (κ1) is 12.2. The van der Waals surface area contributed by atoms with Crippen molar-refractivity contribution in [1.29, 1.82) is 0 Å². The Hall–Kier alpha value is -1.29. The second-order valence-electron chi connectivity index (χ2n) is 5.17. The molecular formula is C13H21N3O. The lowest BCUT2D eigenvalue weighted by molar-refractivity contribution is -0.0976. The molecule has 2 unspecified atom stereocenters. The summed E-state index contributed by atoms with van der Waals surface area (Å²) in [6.45, 7) is 7.30. The highest BCUT2D eigenvalue weighted by Gasteiger charge is 2.48. The molecule has 1 saturated carbocycles. The lowest BCUT2D eigenvalue weighted by Gasteiger charge is -2.52. The quantitative estimate of drug-likeness (QED) is 0.840. The van der Waals surface area contributed by atoms with E-state index in [9.17, 15) is 0 Å². The van der Waals surface area contributed by atoms with Crippen molar-refractivity contribution in [3.05, 3.63) is 18.3 Å². The van der Waals surface area contributed by atoms with Crippen LogP contribution in [0.2, 0.25) is 0 Å². The zero-order chi connectivity index (χ0) is 12.5. The summed E-state index contributed by atoms with van der Waals surface area (Å²) in [5, 5.41) is 3.49. The molecule has 0 aromatic carbocycles. The molecule has 2 rings (SSSR count). The molecule has 0 bridgehead atoms. The predicted octanol–water partition coefficient (Wildman–Crippen LogP) is 2.28. The van der Waals surface area contributed by atoms with Gasteiger partial charge in [-0.2, -0.15) is 0 Å². The second-order valence-corrected chi connectivity index (χ2v) is 5.17. The van der Waals surface area contributed by atoms with E-state index in [4.69, 9.17) is 10.5 Å². The summed E-state index contributed by atoms with van der Waals surface area (Å²) in [5.74, 6) is 0.551. The molecule has 94 valence electrons. The summed E-state index contributed by atoms with van der Waals surface area (Å²) in [6.07, 6.45) is 3.18. The standard InChI is InChI=1S/C13H21N3O/c1-4-17-11-7-10(13(11,2)3)16-9-5-6-12(14)15-8-9/h5-6,8,10-11,16H,4,7H2,1-3H3,(H2,14,15). The van der Waals surface area contributed by atoms with Crippen LogP contribution in [-0.4, -0.2) is 23.7 Å². The third kappa shape index (κ3) is 2.36. The third-order valence-corrected chi connectivity index (χ3v) is 3.67. The average Bonchev–Trinajstić information content (AvgIpc) is 2.30. The molecule has 4 nitrogen and oxygen atoms in total. The normalized spacial score (nSPS) is 26.3. The summed E-state index contributed by atoms with van der Waals surface area (Å²) < 4.78 is 5.70. The number of nitrogens with one attached hydrogen (secondary N) is 1. The Morgan fingerprint density at radius 2 is 2.29 bits per heavy atom. The fraction of sp³-hybridized carbons (Fsp3) is 0.615. The molecule has 1 aromatic heterocycles. The summed E-state index contributed by atoms with van der Waals surface area (Å²) in [4.78, 5) is 4.08. The van der Waals surface area contributed by atoms with Gasteiger partial charge in [-0.25, -0.2) is 4.98 Å². The van der Waals surface area contributed by atoms with E-state index in [2.05, 4.69) is 24.1 Å². The molecule has 1 aromatic rings. The van der Waals surface area contributed by atoms with Gasteiger partial charge in [0.15, 0.2) is 0 Å². The van der Waals surface area contributed by atoms with Crippen molar-refractivity contribution in [3.63, 3.8) is 0 Å². The number of ether oxygens (including phenoxy) is 1. The van der Waals surface area contributed by atoms with Gasteiger partial charge in [0.05, 0.1) is 18.0 Å². The van der Waals surface area contributed by atoms with Crippen molar-refractivity contribution in [3.8, 4) is 0 Å². The van der Waals surface area contributed by atoms with Crippen LogP contribution in [0, 0.1) is 5.41 Å². The van der Waals surface area contributed by atoms with E-state index in [0.717, 1.165) is 18.7 Å². The van der Waals surface area contributed by atoms with Crippen LogP contribution in [0.4, 0.5) is 11.5 Å². The highest BCUT2D eigenvalue weighted by Crippen LogP contribution is 2.44. The van der Waals surface area contributed by atoms with Crippen LogP contribution < -0.4 is 11.1 Å². The van der Waals surface area contributed by atoms with Crippen molar-refractivity contribution < 1.29 is 4.74 Å². The molecular weight excluding hydrogens is 214 g/mol. The minimum atomic E-state index is 0.164. The Morgan fingerprint density at radius 3 is 2.82 bits per heavy atom. The second kappa shape index (κ2) is 4.53. The Bertz CT molecular complexity index is 375. The molecule has 0 radical (unpaired) electrons. The van der Waals surface area contributed by atoms with Gasteiger partial charge in [0, 0.05) is 18.1 Å². The van der Waals surface area contributed by atoms with E-state index < -0.39 is 0 Å². The van der Waals surface area contributed by atoms with Gasteiger partial charge in [-0.1, -0.05) is 13.8 Å². The Balaban J connectivity index is 1.95. The van der Waals surface area contributed by atoms with Crippen LogP contribution >= 0.6 is 0 Å². The molecule has 0 spiro atoms. The highest BCUT2D eigenvalue weighted by atomic mass is 16.5. The zero-order valence-electron chi connectivity index (χ0n) is 10.7. The number of rotatable bonds is 4. The number of nitrogens with zero attached hydrogens (tertiary/aromatic N) is 1. The molecule has 3 N–H and O–H groups in total. The van der Waals surface area contributed by atoms with Gasteiger partial charge in [-0.05, 0) is 25.5 Å². The average molecular weight is 235 g/mol. The summed E-state index contributed by atoms with van der Waals surface area (Å²) >= 11 is 0. The molecule has 1 fully saturated rings. The highest BCUT2D eigenvalue weighted by molar-refractivity contribution is 5.47. The monoisotopic (exact) mass is 235 g/mol. The topological polar surface area (TPSA) is 60.2 Å². The fourth-order valence-corrected chi connectivity index (χ4v) is 2.31. The summed E-state index contributed by atoms with van der Waals surface area (Å²) in [6, 6.07) is 4.21. The Kier molecular flexibility index (Phi) is 3.24. The number of pyridine rings is 1. The first-order valence-corrected chi connectivity index (χ1v) is 6.13. The van der Waals surface area contributed by atoms with Crippen molar-refractivity contribution in [2.24, 2.45) is 5.41 Å². The molecule has 0 saturated heterocycles. The summed E-state index contributed by atoms with van der Waals surface area (Å²) in [5.41, 5.74) is 6.74. The molecule has 1 aliphatic carbocycles. The van der Waals surface area contributed by atoms with Gasteiger partial charge in [-0.3, -0.25) is 0 Å². The van der Waals surface area contributed by atoms with Crippen molar-refractivity contribution in [1.82, 2.24) is 4.98 Å². The van der Waals surface area contributed by atoms with E-state index in [-0.39, 0.29) is 5.41 Å². The molecule has 4 heteroatoms. The van der Waals surface area contributed by atoms with Gasteiger partial charge >= 0.3 is 0 Å². The molecule has 0 aliphatic heterocycles. The minimum absolute atomic E-state index is 0.164. The van der Waals surface area contributed by atoms with Gasteiger partial charge < -0.3 is 15.8 Å². The van der Waals surface area contributed by atoms with E-state index in [1.807, 2.05) is 19.1 Å². The van der Waals surface area contributed by atoms with Gasteiger partial charge in [0.2, 0.25) is 0 Å². The molecule has 1 aliphatic rings. The number of aromatic nitrogens is 1. The van der Waals surface area contributed by atoms with Crippen LogP contribution in [0.3, 0.4) is 0 Å². The molecule has 1 heterocycles. The zero-order valence-corrected chi connectivity index (χ0v) is 10.7.